The molecule has 1 heterocycles. The largest absolute Gasteiger partial charge is 0.338 e. The number of halogens is 1. The van der Waals surface area contributed by atoms with E-state index in [1.165, 1.54) is 5.56 Å². The first-order valence-electron chi connectivity index (χ1n) is 9.67. The van der Waals surface area contributed by atoms with Gasteiger partial charge in [-0.2, -0.15) is 0 Å². The van der Waals surface area contributed by atoms with E-state index in [-0.39, 0.29) is 5.91 Å². The van der Waals surface area contributed by atoms with Crippen LogP contribution in [0.25, 0.3) is 0 Å². The number of hydrogen-bond acceptors (Lipinski definition) is 2. The third-order valence-electron chi connectivity index (χ3n) is 4.70. The monoisotopic (exact) mass is 392 g/mol. The van der Waals surface area contributed by atoms with Crippen LogP contribution < -0.4 is 0 Å². The highest BCUT2D eigenvalue weighted by atomic mass is 35.5. The van der Waals surface area contributed by atoms with E-state index in [9.17, 15) is 4.79 Å². The fourth-order valence-corrected chi connectivity index (χ4v) is 3.27. The number of pyridine rings is 1. The van der Waals surface area contributed by atoms with E-state index < -0.39 is 0 Å². The lowest BCUT2D eigenvalue weighted by atomic mass is 10.1. The summed E-state index contributed by atoms with van der Waals surface area (Å²) in [5.41, 5.74) is 3.36. The summed E-state index contributed by atoms with van der Waals surface area (Å²) in [6, 6.07) is 23.9. The highest BCUT2D eigenvalue weighted by molar-refractivity contribution is 6.30. The lowest BCUT2D eigenvalue weighted by Crippen LogP contribution is -2.32. The molecule has 2 aromatic carbocycles. The molecule has 0 fully saturated rings. The van der Waals surface area contributed by atoms with Crippen LogP contribution in [0.1, 0.15) is 29.7 Å². The first-order valence-corrected chi connectivity index (χ1v) is 10.0. The van der Waals surface area contributed by atoms with Gasteiger partial charge in [-0.3, -0.25) is 9.78 Å². The first kappa shape index (κ1) is 20.1. The zero-order valence-corrected chi connectivity index (χ0v) is 16.7. The van der Waals surface area contributed by atoms with Crippen LogP contribution in [-0.2, 0) is 24.2 Å². The van der Waals surface area contributed by atoms with Crippen LogP contribution in [0.2, 0.25) is 5.02 Å². The molecule has 3 aromatic rings. The number of amides is 1. The number of carbonyl (C=O) groups is 1. The lowest BCUT2D eigenvalue weighted by Gasteiger charge is -2.23. The van der Waals surface area contributed by atoms with Crippen molar-refractivity contribution in [3.05, 3.63) is 101 Å². The minimum Gasteiger partial charge on any atom is -0.338 e. The molecule has 0 saturated carbocycles. The number of benzene rings is 2. The summed E-state index contributed by atoms with van der Waals surface area (Å²) in [5.74, 6) is 0.182. The van der Waals surface area contributed by atoms with E-state index in [0.29, 0.717) is 24.5 Å². The van der Waals surface area contributed by atoms with Crippen LogP contribution in [-0.4, -0.2) is 22.3 Å². The fraction of sp³-hybridized carbons (Fsp3) is 0.250. The molecular weight excluding hydrogens is 368 g/mol. The van der Waals surface area contributed by atoms with Crippen molar-refractivity contribution in [3.63, 3.8) is 0 Å². The maximum Gasteiger partial charge on any atom is 0.222 e. The highest BCUT2D eigenvalue weighted by Crippen LogP contribution is 2.14. The van der Waals surface area contributed by atoms with Gasteiger partial charge in [-0.05, 0) is 48.2 Å². The fourth-order valence-electron chi connectivity index (χ4n) is 3.14. The Hall–Kier alpha value is -2.65. The summed E-state index contributed by atoms with van der Waals surface area (Å²) in [6.07, 6.45) is 4.86. The lowest BCUT2D eigenvalue weighted by molar-refractivity contribution is -0.131. The SMILES string of the molecule is O=C(CCCc1ccccc1)N(CCc1ccccn1)Cc1ccc(Cl)cc1. The van der Waals surface area contributed by atoms with Gasteiger partial charge in [-0.25, -0.2) is 0 Å². The summed E-state index contributed by atoms with van der Waals surface area (Å²) in [4.78, 5) is 19.2. The van der Waals surface area contributed by atoms with Crippen molar-refractivity contribution in [3.8, 4) is 0 Å². The van der Waals surface area contributed by atoms with E-state index in [4.69, 9.17) is 11.6 Å². The van der Waals surface area contributed by atoms with Crippen molar-refractivity contribution in [1.82, 2.24) is 9.88 Å². The first-order chi connectivity index (χ1) is 13.7. The number of aromatic nitrogens is 1. The van der Waals surface area contributed by atoms with Gasteiger partial charge in [0.2, 0.25) is 5.91 Å². The predicted octanol–water partition coefficient (Wildman–Crippen LogP) is 5.33. The molecule has 1 aromatic heterocycles. The quantitative estimate of drug-likeness (QED) is 0.493. The van der Waals surface area contributed by atoms with Crippen molar-refractivity contribution in [1.29, 1.82) is 0 Å². The minimum absolute atomic E-state index is 0.182. The van der Waals surface area contributed by atoms with E-state index in [0.717, 1.165) is 30.5 Å². The normalized spacial score (nSPS) is 10.6. The number of hydrogen-bond donors (Lipinski definition) is 0. The number of rotatable bonds is 9. The summed E-state index contributed by atoms with van der Waals surface area (Å²) >= 11 is 5.99. The molecule has 0 atom stereocenters. The molecule has 4 heteroatoms. The standard InChI is InChI=1S/C24H25ClN2O/c25-22-14-12-21(13-15-22)19-27(18-16-23-10-4-5-17-26-23)24(28)11-6-9-20-7-2-1-3-8-20/h1-5,7-8,10,12-15,17H,6,9,11,16,18-19H2. The van der Waals surface area contributed by atoms with Gasteiger partial charge >= 0.3 is 0 Å². The topological polar surface area (TPSA) is 33.2 Å². The second-order valence-electron chi connectivity index (χ2n) is 6.85. The molecule has 0 saturated heterocycles. The van der Waals surface area contributed by atoms with Crippen molar-refractivity contribution < 1.29 is 4.79 Å². The Morgan fingerprint density at radius 3 is 2.32 bits per heavy atom. The number of carbonyl (C=O) groups excluding carboxylic acids is 1. The second-order valence-corrected chi connectivity index (χ2v) is 7.29. The average Bonchev–Trinajstić information content (AvgIpc) is 2.74. The molecular formula is C24H25ClN2O. The molecule has 28 heavy (non-hydrogen) atoms. The van der Waals surface area contributed by atoms with E-state index in [1.807, 2.05) is 65.6 Å². The Balaban J connectivity index is 1.60. The van der Waals surface area contributed by atoms with Crippen LogP contribution >= 0.6 is 11.6 Å². The van der Waals surface area contributed by atoms with Crippen LogP contribution in [0.4, 0.5) is 0 Å². The van der Waals surface area contributed by atoms with Gasteiger partial charge in [-0.1, -0.05) is 60.1 Å². The van der Waals surface area contributed by atoms with Gasteiger partial charge in [0, 0.05) is 42.8 Å². The summed E-state index contributed by atoms with van der Waals surface area (Å²) < 4.78 is 0. The predicted molar refractivity (Wildman–Crippen MR) is 114 cm³/mol. The second kappa shape index (κ2) is 10.6. The van der Waals surface area contributed by atoms with Crippen LogP contribution in [0.5, 0.6) is 0 Å². The van der Waals surface area contributed by atoms with E-state index >= 15 is 0 Å². The van der Waals surface area contributed by atoms with Gasteiger partial charge in [0.25, 0.3) is 0 Å². The van der Waals surface area contributed by atoms with Crippen LogP contribution in [0.3, 0.4) is 0 Å². The number of aryl methyl sites for hydroxylation is 1. The van der Waals surface area contributed by atoms with Gasteiger partial charge in [0.15, 0.2) is 0 Å². The Morgan fingerprint density at radius 2 is 1.61 bits per heavy atom. The van der Waals surface area contributed by atoms with Crippen molar-refractivity contribution in [2.75, 3.05) is 6.54 Å². The molecule has 3 nitrogen and oxygen atoms in total. The molecule has 0 N–H and O–H groups in total. The summed E-state index contributed by atoms with van der Waals surface area (Å²) in [6.45, 7) is 1.25. The van der Waals surface area contributed by atoms with Gasteiger partial charge in [0.05, 0.1) is 0 Å². The minimum atomic E-state index is 0.182. The van der Waals surface area contributed by atoms with E-state index in [2.05, 4.69) is 17.1 Å². The molecule has 1 amide bonds. The molecule has 0 aliphatic rings. The smallest absolute Gasteiger partial charge is 0.222 e. The number of nitrogens with zero attached hydrogens (tertiary/aromatic N) is 2. The van der Waals surface area contributed by atoms with E-state index in [1.54, 1.807) is 6.20 Å². The van der Waals surface area contributed by atoms with Crippen molar-refractivity contribution in [2.45, 2.75) is 32.2 Å². The van der Waals surface area contributed by atoms with Crippen molar-refractivity contribution >= 4 is 17.5 Å². The Bertz CT molecular complexity index is 851. The van der Waals surface area contributed by atoms with Crippen molar-refractivity contribution in [2.24, 2.45) is 0 Å². The summed E-state index contributed by atoms with van der Waals surface area (Å²) in [7, 11) is 0. The molecule has 0 aliphatic heterocycles. The third kappa shape index (κ3) is 6.50. The average molecular weight is 393 g/mol. The Morgan fingerprint density at radius 1 is 0.857 bits per heavy atom. The molecule has 3 rings (SSSR count). The summed E-state index contributed by atoms with van der Waals surface area (Å²) in [5, 5.41) is 0.706. The Labute approximate surface area is 172 Å². The van der Waals surface area contributed by atoms with Crippen LogP contribution in [0.15, 0.2) is 79.0 Å². The third-order valence-corrected chi connectivity index (χ3v) is 4.95. The van der Waals surface area contributed by atoms with Gasteiger partial charge < -0.3 is 4.90 Å². The molecule has 0 spiro atoms. The molecule has 0 aliphatic carbocycles. The van der Waals surface area contributed by atoms with Gasteiger partial charge in [-0.15, -0.1) is 0 Å². The molecule has 144 valence electrons. The molecule has 0 bridgehead atoms. The zero-order chi connectivity index (χ0) is 19.6. The van der Waals surface area contributed by atoms with Crippen LogP contribution in [0, 0.1) is 0 Å². The Kier molecular flexibility index (Phi) is 7.62. The highest BCUT2D eigenvalue weighted by Gasteiger charge is 2.14. The molecule has 0 radical (unpaired) electrons. The molecule has 0 unspecified atom stereocenters. The maximum atomic E-state index is 12.9. The maximum absolute atomic E-state index is 12.9. The zero-order valence-electron chi connectivity index (χ0n) is 15.9. The van der Waals surface area contributed by atoms with Gasteiger partial charge in [0.1, 0.15) is 0 Å².